The highest BCUT2D eigenvalue weighted by Gasteiger charge is 2.90. The van der Waals surface area contributed by atoms with E-state index in [0.29, 0.717) is 19.4 Å². The lowest BCUT2D eigenvalue weighted by Crippen LogP contribution is -2.74. The molecule has 9 heteroatoms. The molecule has 0 amide bonds. The molecule has 3 aliphatic carbocycles. The van der Waals surface area contributed by atoms with Crippen LogP contribution in [0.2, 0.25) is 0 Å². The van der Waals surface area contributed by atoms with Gasteiger partial charge in [-0.05, 0) is 42.7 Å². The molecule has 0 radical (unpaired) electrons. The van der Waals surface area contributed by atoms with Gasteiger partial charge in [-0.1, -0.05) is 82.9 Å². The SMILES string of the molecule is C=C(C)[C@]12C[C@@H](COCc3ccccc3)[C@@]34OC5(CCCCCCC[C@@H](C)[C@H]6[C@H](C)C(=O)[C@@](O)([C@H](O)[C@@]7(CO)O[C@H]7[C@H]3[C@H]1O5)[C@@H]64)O2. The van der Waals surface area contributed by atoms with Crippen molar-refractivity contribution >= 4 is 5.78 Å². The lowest BCUT2D eigenvalue weighted by atomic mass is 9.51. The second-order valence-corrected chi connectivity index (χ2v) is 15.7. The van der Waals surface area contributed by atoms with E-state index in [4.69, 9.17) is 23.7 Å². The number of ketones is 1. The van der Waals surface area contributed by atoms with Crippen molar-refractivity contribution < 1.29 is 43.8 Å². The minimum Gasteiger partial charge on any atom is -0.393 e. The van der Waals surface area contributed by atoms with Gasteiger partial charge < -0.3 is 39.0 Å². The van der Waals surface area contributed by atoms with Gasteiger partial charge in [0.25, 0.3) is 5.97 Å². The Morgan fingerprint density at radius 2 is 1.78 bits per heavy atom. The number of epoxide rings is 1. The fraction of sp³-hybridized carbons (Fsp3) is 0.757. The molecule has 252 valence electrons. The first-order valence-corrected chi connectivity index (χ1v) is 17.6. The summed E-state index contributed by atoms with van der Waals surface area (Å²) in [5, 5.41) is 36.1. The van der Waals surface area contributed by atoms with Crippen LogP contribution in [0.25, 0.3) is 0 Å². The molecule has 3 bridgehead atoms. The van der Waals surface area contributed by atoms with Crippen LogP contribution in [0.4, 0.5) is 0 Å². The summed E-state index contributed by atoms with van der Waals surface area (Å²) in [5.74, 6) is -4.27. The lowest BCUT2D eigenvalue weighted by molar-refractivity contribution is -0.438. The molecule has 4 saturated heterocycles. The van der Waals surface area contributed by atoms with Crippen molar-refractivity contribution in [3.63, 3.8) is 0 Å². The summed E-state index contributed by atoms with van der Waals surface area (Å²) in [7, 11) is 0. The second kappa shape index (κ2) is 10.7. The van der Waals surface area contributed by atoms with E-state index in [1.54, 1.807) is 0 Å². The van der Waals surface area contributed by atoms with E-state index in [-0.39, 0.29) is 24.4 Å². The fourth-order valence-corrected chi connectivity index (χ4v) is 11.3. The Labute approximate surface area is 271 Å². The molecule has 3 N–H and O–H groups in total. The molecule has 1 unspecified atom stereocenters. The number of benzene rings is 1. The Balaban J connectivity index is 1.35. The Bertz CT molecular complexity index is 1390. The number of rotatable bonds is 6. The first-order valence-electron chi connectivity index (χ1n) is 17.6. The van der Waals surface area contributed by atoms with E-state index >= 15 is 0 Å². The maximum absolute atomic E-state index is 14.5. The van der Waals surface area contributed by atoms with E-state index in [9.17, 15) is 20.1 Å². The highest BCUT2D eigenvalue weighted by Crippen LogP contribution is 2.75. The molecule has 7 aliphatic rings. The van der Waals surface area contributed by atoms with Gasteiger partial charge in [0.1, 0.15) is 29.5 Å². The average molecular weight is 639 g/mol. The monoisotopic (exact) mass is 638 g/mol. The fourth-order valence-electron chi connectivity index (χ4n) is 11.3. The molecule has 4 heterocycles. The van der Waals surface area contributed by atoms with E-state index in [0.717, 1.165) is 49.7 Å². The van der Waals surface area contributed by atoms with Crippen LogP contribution in [0.1, 0.15) is 77.7 Å². The van der Waals surface area contributed by atoms with E-state index in [1.165, 1.54) is 0 Å². The summed E-state index contributed by atoms with van der Waals surface area (Å²) in [6.45, 7) is 10.6. The summed E-state index contributed by atoms with van der Waals surface area (Å²) in [5.41, 5.74) is -4.03. The maximum Gasteiger partial charge on any atom is 0.284 e. The Morgan fingerprint density at radius 3 is 2.52 bits per heavy atom. The molecular formula is C37H50O9. The smallest absolute Gasteiger partial charge is 0.284 e. The standard InChI is InChI=1S/C37H50O9/c1-21(2)33-17-25(19-42-18-24-14-10-8-11-15-24)37-27-30(33)44-35(45-33,46-37)16-12-7-5-6-9-13-22(3)26-23(4)29(39)36(41,28(26)37)32(40)34(20-38)31(27)43-34/h8,10-11,14-15,22-23,25-28,30-32,38,40-41H,1,5-7,9,12-13,16-20H2,2-4H3/t22-,23+,25+,26+,27-,28-,30-,31+,32-,33-,34+,35?,36-,37-/m1/s1. The number of aliphatic hydroxyl groups excluding tert-OH is 2. The Kier molecular flexibility index (Phi) is 7.31. The van der Waals surface area contributed by atoms with E-state index < -0.39 is 76.8 Å². The van der Waals surface area contributed by atoms with Crippen LogP contribution in [-0.2, 0) is 35.1 Å². The van der Waals surface area contributed by atoms with Crippen LogP contribution in [-0.4, -0.2) is 81.0 Å². The molecule has 1 aromatic carbocycles. The number of fused-ring (bicyclic) bond motifs is 1. The van der Waals surface area contributed by atoms with E-state index in [1.807, 2.05) is 44.2 Å². The van der Waals surface area contributed by atoms with Crippen LogP contribution >= 0.6 is 0 Å². The quantitative estimate of drug-likeness (QED) is 0.312. The van der Waals surface area contributed by atoms with Crippen molar-refractivity contribution in [3.8, 4) is 0 Å². The highest BCUT2D eigenvalue weighted by atomic mass is 16.9. The normalized spacial score (nSPS) is 52.2. The van der Waals surface area contributed by atoms with Crippen molar-refractivity contribution in [2.45, 2.75) is 125 Å². The van der Waals surface area contributed by atoms with Gasteiger partial charge in [0, 0.05) is 30.1 Å². The van der Waals surface area contributed by atoms with Gasteiger partial charge in [-0.15, -0.1) is 0 Å². The number of carbonyl (C=O) groups is 1. The molecule has 4 aliphatic heterocycles. The minimum absolute atomic E-state index is 0.0704. The van der Waals surface area contributed by atoms with Crippen molar-refractivity contribution in [3.05, 3.63) is 48.0 Å². The molecule has 2 spiro atoms. The van der Waals surface area contributed by atoms with Crippen LogP contribution in [0.5, 0.6) is 0 Å². The molecule has 1 aromatic rings. The van der Waals surface area contributed by atoms with Gasteiger partial charge in [-0.25, -0.2) is 0 Å². The highest BCUT2D eigenvalue weighted by molar-refractivity contribution is 5.93. The summed E-state index contributed by atoms with van der Waals surface area (Å²) < 4.78 is 34.3. The third-order valence-electron chi connectivity index (χ3n) is 13.4. The molecule has 8 rings (SSSR count). The van der Waals surface area contributed by atoms with Gasteiger partial charge in [0.2, 0.25) is 0 Å². The summed E-state index contributed by atoms with van der Waals surface area (Å²) >= 11 is 0. The van der Waals surface area contributed by atoms with Crippen LogP contribution in [0.15, 0.2) is 42.5 Å². The molecule has 0 aromatic heterocycles. The molecular weight excluding hydrogens is 588 g/mol. The first kappa shape index (κ1) is 31.6. The third-order valence-corrected chi connectivity index (χ3v) is 13.4. The summed E-state index contributed by atoms with van der Waals surface area (Å²) in [6, 6.07) is 10.00. The van der Waals surface area contributed by atoms with Gasteiger partial charge >= 0.3 is 0 Å². The van der Waals surface area contributed by atoms with Crippen LogP contribution in [0, 0.1) is 35.5 Å². The molecule has 3 saturated carbocycles. The Morgan fingerprint density at radius 1 is 1.04 bits per heavy atom. The molecule has 14 atom stereocenters. The third kappa shape index (κ3) is 3.94. The number of Topliss-reactive ketones (excluding diaryl/α,β-unsaturated/α-hetero) is 1. The average Bonchev–Trinajstić information content (AvgIpc) is 3.68. The van der Waals surface area contributed by atoms with Crippen molar-refractivity contribution in [1.29, 1.82) is 0 Å². The van der Waals surface area contributed by atoms with Crippen molar-refractivity contribution in [2.24, 2.45) is 35.5 Å². The summed E-state index contributed by atoms with van der Waals surface area (Å²) in [4.78, 5) is 14.5. The molecule has 7 fully saturated rings. The zero-order chi connectivity index (χ0) is 32.3. The zero-order valence-corrected chi connectivity index (χ0v) is 27.4. The number of hydrogen-bond donors (Lipinski definition) is 3. The molecule has 46 heavy (non-hydrogen) atoms. The topological polar surface area (TPSA) is 127 Å². The van der Waals surface area contributed by atoms with Crippen molar-refractivity contribution in [1.82, 2.24) is 0 Å². The van der Waals surface area contributed by atoms with Crippen molar-refractivity contribution in [2.75, 3.05) is 13.2 Å². The zero-order valence-electron chi connectivity index (χ0n) is 27.4. The summed E-state index contributed by atoms with van der Waals surface area (Å²) in [6.07, 6.45) is 3.99. The lowest BCUT2D eigenvalue weighted by Gasteiger charge is -2.61. The predicted molar refractivity (Wildman–Crippen MR) is 166 cm³/mol. The maximum atomic E-state index is 14.5. The minimum atomic E-state index is -2.20. The predicted octanol–water partition coefficient (Wildman–Crippen LogP) is 4.06. The number of hydrogen-bond acceptors (Lipinski definition) is 9. The van der Waals surface area contributed by atoms with Gasteiger partial charge in [0.15, 0.2) is 11.4 Å². The van der Waals surface area contributed by atoms with Gasteiger partial charge in [-0.3, -0.25) is 4.79 Å². The van der Waals surface area contributed by atoms with Gasteiger partial charge in [0.05, 0.1) is 25.4 Å². The largest absolute Gasteiger partial charge is 0.393 e. The number of aliphatic hydroxyl groups is 3. The van der Waals surface area contributed by atoms with Gasteiger partial charge in [-0.2, -0.15) is 0 Å². The molecule has 9 nitrogen and oxygen atoms in total. The van der Waals surface area contributed by atoms with Crippen LogP contribution in [0.3, 0.4) is 0 Å². The van der Waals surface area contributed by atoms with E-state index in [2.05, 4.69) is 13.5 Å². The number of carbonyl (C=O) groups excluding carboxylic acids is 1. The second-order valence-electron chi connectivity index (χ2n) is 15.7. The Hall–Kier alpha value is -1.69. The first-order chi connectivity index (χ1) is 22.0. The number of ether oxygens (including phenoxy) is 5. The van der Waals surface area contributed by atoms with Crippen LogP contribution < -0.4 is 0 Å².